The van der Waals surface area contributed by atoms with Gasteiger partial charge in [-0.05, 0) is 37.0 Å². The van der Waals surface area contributed by atoms with Crippen molar-refractivity contribution < 1.29 is 14.7 Å². The van der Waals surface area contributed by atoms with Crippen LogP contribution < -0.4 is 5.32 Å². The summed E-state index contributed by atoms with van der Waals surface area (Å²) in [5.74, 6) is 0.145. The third-order valence-electron chi connectivity index (χ3n) is 3.14. The van der Waals surface area contributed by atoms with E-state index in [-0.39, 0.29) is 22.1 Å². The molecular formula is C14H17NO3S. The van der Waals surface area contributed by atoms with Crippen LogP contribution in [0.15, 0.2) is 24.3 Å². The largest absolute Gasteiger partial charge is 0.508 e. The van der Waals surface area contributed by atoms with Gasteiger partial charge in [-0.15, -0.1) is 0 Å². The van der Waals surface area contributed by atoms with E-state index < -0.39 is 0 Å². The fraction of sp³-hybridized carbons (Fsp3) is 0.429. The predicted octanol–water partition coefficient (Wildman–Crippen LogP) is 2.85. The summed E-state index contributed by atoms with van der Waals surface area (Å²) in [5, 5.41) is 11.1. The van der Waals surface area contributed by atoms with Crippen molar-refractivity contribution in [2.45, 2.75) is 37.4 Å². The van der Waals surface area contributed by atoms with E-state index in [0.717, 1.165) is 43.9 Å². The van der Waals surface area contributed by atoms with E-state index in [0.29, 0.717) is 0 Å². The van der Waals surface area contributed by atoms with Gasteiger partial charge >= 0.3 is 0 Å². The molecule has 1 heterocycles. The maximum absolute atomic E-state index is 11.3. The van der Waals surface area contributed by atoms with Gasteiger partial charge in [0, 0.05) is 0 Å². The zero-order valence-electron chi connectivity index (χ0n) is 10.6. The van der Waals surface area contributed by atoms with E-state index in [1.165, 1.54) is 5.56 Å². The Morgan fingerprint density at radius 1 is 1.11 bits per heavy atom. The van der Waals surface area contributed by atoms with E-state index >= 15 is 0 Å². The molecule has 0 spiro atoms. The van der Waals surface area contributed by atoms with Gasteiger partial charge in [0.25, 0.3) is 5.24 Å². The number of aryl methyl sites for hydroxylation is 1. The first kappa shape index (κ1) is 13.9. The Labute approximate surface area is 116 Å². The van der Waals surface area contributed by atoms with Gasteiger partial charge in [-0.3, -0.25) is 14.9 Å². The maximum Gasteiger partial charge on any atom is 0.286 e. The number of hydrogen-bond acceptors (Lipinski definition) is 4. The highest BCUT2D eigenvalue weighted by Crippen LogP contribution is 2.24. The van der Waals surface area contributed by atoms with Gasteiger partial charge in [0.1, 0.15) is 5.75 Å². The summed E-state index contributed by atoms with van der Waals surface area (Å²) >= 11 is 1.10. The number of imide groups is 1. The maximum atomic E-state index is 11.3. The van der Waals surface area contributed by atoms with E-state index in [4.69, 9.17) is 5.11 Å². The monoisotopic (exact) mass is 279 g/mol. The molecule has 2 rings (SSSR count). The molecule has 0 unspecified atom stereocenters. The molecule has 102 valence electrons. The fourth-order valence-electron chi connectivity index (χ4n) is 2.08. The van der Waals surface area contributed by atoms with Crippen LogP contribution in [0.25, 0.3) is 0 Å². The fourth-order valence-corrected chi connectivity index (χ4v) is 2.95. The number of benzene rings is 1. The molecule has 0 saturated carbocycles. The molecule has 1 aliphatic rings. The van der Waals surface area contributed by atoms with Gasteiger partial charge in [-0.25, -0.2) is 0 Å². The lowest BCUT2D eigenvalue weighted by Gasteiger charge is -2.05. The van der Waals surface area contributed by atoms with Crippen molar-refractivity contribution in [3.8, 4) is 5.75 Å². The Balaban J connectivity index is 1.61. The second-order valence-corrected chi connectivity index (χ2v) is 5.82. The van der Waals surface area contributed by atoms with Crippen LogP contribution >= 0.6 is 11.8 Å². The lowest BCUT2D eigenvalue weighted by atomic mass is 10.1. The standard InChI is InChI=1S/C14H17NO3S/c16-11-8-6-10(7-9-11)4-2-1-3-5-12-13(17)15-14(18)19-12/h6-9,12,16H,1-5H2,(H,15,17,18)/t12-/m1/s1. The average Bonchev–Trinajstić information content (AvgIpc) is 2.70. The third-order valence-corrected chi connectivity index (χ3v) is 4.19. The van der Waals surface area contributed by atoms with Crippen LogP contribution in [-0.2, 0) is 11.2 Å². The van der Waals surface area contributed by atoms with E-state index in [9.17, 15) is 9.59 Å². The molecule has 2 N–H and O–H groups in total. The highest BCUT2D eigenvalue weighted by molar-refractivity contribution is 8.15. The zero-order chi connectivity index (χ0) is 13.7. The van der Waals surface area contributed by atoms with Crippen molar-refractivity contribution in [3.63, 3.8) is 0 Å². The number of hydrogen-bond donors (Lipinski definition) is 2. The van der Waals surface area contributed by atoms with Crippen LogP contribution in [0.1, 0.15) is 31.2 Å². The van der Waals surface area contributed by atoms with Crippen LogP contribution in [0.2, 0.25) is 0 Å². The normalized spacial score (nSPS) is 18.6. The minimum Gasteiger partial charge on any atom is -0.508 e. The quantitative estimate of drug-likeness (QED) is 0.786. The average molecular weight is 279 g/mol. The molecule has 0 bridgehead atoms. The summed E-state index contributed by atoms with van der Waals surface area (Å²) in [7, 11) is 0. The van der Waals surface area contributed by atoms with Crippen molar-refractivity contribution in [1.82, 2.24) is 5.32 Å². The van der Waals surface area contributed by atoms with Gasteiger partial charge in [-0.1, -0.05) is 36.7 Å². The number of phenols is 1. The Bertz CT molecular complexity index is 458. The summed E-state index contributed by atoms with van der Waals surface area (Å²) in [5.41, 5.74) is 1.21. The van der Waals surface area contributed by atoms with Gasteiger partial charge in [0.05, 0.1) is 5.25 Å². The Morgan fingerprint density at radius 3 is 2.47 bits per heavy atom. The first-order chi connectivity index (χ1) is 9.15. The smallest absolute Gasteiger partial charge is 0.286 e. The lowest BCUT2D eigenvalue weighted by Crippen LogP contribution is -2.24. The molecule has 1 fully saturated rings. The summed E-state index contributed by atoms with van der Waals surface area (Å²) in [6.45, 7) is 0. The van der Waals surface area contributed by atoms with Crippen molar-refractivity contribution in [2.24, 2.45) is 0 Å². The van der Waals surface area contributed by atoms with Crippen LogP contribution in [0.3, 0.4) is 0 Å². The molecule has 1 atom stereocenters. The molecule has 0 aliphatic carbocycles. The molecule has 1 aliphatic heterocycles. The number of nitrogens with one attached hydrogen (secondary N) is 1. The highest BCUT2D eigenvalue weighted by atomic mass is 32.2. The van der Waals surface area contributed by atoms with Crippen LogP contribution in [0.4, 0.5) is 4.79 Å². The number of aromatic hydroxyl groups is 1. The number of amides is 2. The van der Waals surface area contributed by atoms with Crippen molar-refractivity contribution in [3.05, 3.63) is 29.8 Å². The summed E-state index contributed by atoms with van der Waals surface area (Å²) in [6, 6.07) is 7.24. The van der Waals surface area contributed by atoms with Crippen LogP contribution in [-0.4, -0.2) is 21.5 Å². The zero-order valence-corrected chi connectivity index (χ0v) is 11.4. The Morgan fingerprint density at radius 2 is 1.84 bits per heavy atom. The van der Waals surface area contributed by atoms with Crippen molar-refractivity contribution in [2.75, 3.05) is 0 Å². The molecule has 0 aromatic heterocycles. The molecule has 19 heavy (non-hydrogen) atoms. The highest BCUT2D eigenvalue weighted by Gasteiger charge is 2.30. The number of unbranched alkanes of at least 4 members (excludes halogenated alkanes) is 2. The van der Waals surface area contributed by atoms with E-state index in [1.807, 2.05) is 12.1 Å². The molecule has 5 heteroatoms. The Hall–Kier alpha value is -1.49. The van der Waals surface area contributed by atoms with Gasteiger partial charge < -0.3 is 5.11 Å². The second kappa shape index (κ2) is 6.61. The number of rotatable bonds is 6. The van der Waals surface area contributed by atoms with Crippen molar-refractivity contribution >= 4 is 22.9 Å². The number of phenolic OH excluding ortho intramolecular Hbond substituents is 1. The predicted molar refractivity (Wildman–Crippen MR) is 75.2 cm³/mol. The van der Waals surface area contributed by atoms with E-state index in [1.54, 1.807) is 12.1 Å². The van der Waals surface area contributed by atoms with Gasteiger partial charge in [0.2, 0.25) is 5.91 Å². The molecule has 2 amide bonds. The topological polar surface area (TPSA) is 66.4 Å². The Kier molecular flexibility index (Phi) is 4.85. The third kappa shape index (κ3) is 4.28. The SMILES string of the molecule is O=C1NC(=O)[C@@H](CCCCCc2ccc(O)cc2)S1. The minimum absolute atomic E-state index is 0.145. The van der Waals surface area contributed by atoms with Crippen LogP contribution in [0, 0.1) is 0 Å². The molecule has 1 saturated heterocycles. The number of carbonyl (C=O) groups excluding carboxylic acids is 2. The second-order valence-electron chi connectivity index (χ2n) is 4.65. The molecule has 4 nitrogen and oxygen atoms in total. The molecular weight excluding hydrogens is 262 g/mol. The first-order valence-corrected chi connectivity index (χ1v) is 7.32. The summed E-state index contributed by atoms with van der Waals surface area (Å²) < 4.78 is 0. The number of carbonyl (C=O) groups is 2. The molecule has 1 aromatic rings. The molecule has 0 radical (unpaired) electrons. The summed E-state index contributed by atoms with van der Waals surface area (Å²) in [4.78, 5) is 22.3. The number of thioether (sulfide) groups is 1. The molecule has 1 aromatic carbocycles. The van der Waals surface area contributed by atoms with Gasteiger partial charge in [-0.2, -0.15) is 0 Å². The van der Waals surface area contributed by atoms with Crippen molar-refractivity contribution in [1.29, 1.82) is 0 Å². The first-order valence-electron chi connectivity index (χ1n) is 6.44. The minimum atomic E-state index is -0.223. The van der Waals surface area contributed by atoms with E-state index in [2.05, 4.69) is 5.32 Å². The van der Waals surface area contributed by atoms with Crippen LogP contribution in [0.5, 0.6) is 5.75 Å². The lowest BCUT2D eigenvalue weighted by molar-refractivity contribution is -0.119. The summed E-state index contributed by atoms with van der Waals surface area (Å²) in [6.07, 6.45) is 4.79. The van der Waals surface area contributed by atoms with Gasteiger partial charge in [0.15, 0.2) is 0 Å².